The number of nitrogens with one attached hydrogen (secondary N) is 1. The van der Waals surface area contributed by atoms with E-state index >= 15 is 0 Å². The number of carbonyl (C=O) groups is 3. The summed E-state index contributed by atoms with van der Waals surface area (Å²) in [5.41, 5.74) is 0.232. The minimum Gasteiger partial charge on any atom is -0.459 e. The molecule has 1 aromatic rings. The summed E-state index contributed by atoms with van der Waals surface area (Å²) < 4.78 is 24.8. The van der Waals surface area contributed by atoms with E-state index in [1.807, 2.05) is 0 Å². The Hall–Kier alpha value is -2.48. The molecular weight excluding hydrogens is 331 g/mol. The van der Waals surface area contributed by atoms with E-state index < -0.39 is 24.1 Å². The van der Waals surface area contributed by atoms with E-state index in [9.17, 15) is 18.8 Å². The normalized spacial score (nSPS) is 19.8. The SMILES string of the molecule is CC(=O)NC[C@H]1CN(c2ccc(C(=O)OC(C)C)c(F)c2)C(C=O)O1. The van der Waals surface area contributed by atoms with E-state index in [1.165, 1.54) is 19.1 Å². The van der Waals surface area contributed by atoms with Crippen LogP contribution in [-0.2, 0) is 19.1 Å². The second kappa shape index (κ2) is 8.06. The van der Waals surface area contributed by atoms with Crippen molar-refractivity contribution in [2.45, 2.75) is 39.2 Å². The fourth-order valence-electron chi connectivity index (χ4n) is 2.49. The first-order valence-electron chi connectivity index (χ1n) is 7.94. The van der Waals surface area contributed by atoms with Crippen LogP contribution in [0.1, 0.15) is 31.1 Å². The lowest BCUT2D eigenvalue weighted by Gasteiger charge is -2.21. The van der Waals surface area contributed by atoms with Gasteiger partial charge in [0, 0.05) is 25.7 Å². The Morgan fingerprint density at radius 1 is 1.48 bits per heavy atom. The molecule has 0 aliphatic carbocycles. The van der Waals surface area contributed by atoms with Crippen molar-refractivity contribution >= 4 is 23.9 Å². The molecule has 0 radical (unpaired) electrons. The van der Waals surface area contributed by atoms with Gasteiger partial charge in [-0.05, 0) is 32.0 Å². The van der Waals surface area contributed by atoms with Crippen LogP contribution in [-0.4, -0.2) is 49.7 Å². The Morgan fingerprint density at radius 3 is 2.76 bits per heavy atom. The summed E-state index contributed by atoms with van der Waals surface area (Å²) in [6.07, 6.45) is -1.03. The molecule has 1 saturated heterocycles. The zero-order chi connectivity index (χ0) is 18.6. The summed E-state index contributed by atoms with van der Waals surface area (Å²) in [5, 5.41) is 2.62. The molecule has 1 heterocycles. The molecule has 1 fully saturated rings. The molecule has 1 aliphatic heterocycles. The summed E-state index contributed by atoms with van der Waals surface area (Å²) >= 11 is 0. The van der Waals surface area contributed by atoms with E-state index in [-0.39, 0.29) is 24.1 Å². The van der Waals surface area contributed by atoms with Gasteiger partial charge < -0.3 is 19.7 Å². The molecule has 1 aliphatic rings. The van der Waals surface area contributed by atoms with Crippen LogP contribution in [0, 0.1) is 5.82 Å². The van der Waals surface area contributed by atoms with Gasteiger partial charge in [0.25, 0.3) is 0 Å². The maximum Gasteiger partial charge on any atom is 0.341 e. The maximum atomic E-state index is 14.3. The largest absolute Gasteiger partial charge is 0.459 e. The fourth-order valence-corrected chi connectivity index (χ4v) is 2.49. The Kier molecular flexibility index (Phi) is 6.08. The van der Waals surface area contributed by atoms with E-state index in [0.29, 0.717) is 18.5 Å². The topological polar surface area (TPSA) is 84.9 Å². The molecule has 25 heavy (non-hydrogen) atoms. The highest BCUT2D eigenvalue weighted by Crippen LogP contribution is 2.26. The molecule has 0 aromatic heterocycles. The second-order valence-corrected chi connectivity index (χ2v) is 5.99. The highest BCUT2D eigenvalue weighted by molar-refractivity contribution is 5.90. The summed E-state index contributed by atoms with van der Waals surface area (Å²) in [5.74, 6) is -1.69. The first kappa shape index (κ1) is 18.9. The van der Waals surface area contributed by atoms with Gasteiger partial charge in [-0.25, -0.2) is 9.18 Å². The number of hydrogen-bond acceptors (Lipinski definition) is 6. The molecule has 0 bridgehead atoms. The molecule has 136 valence electrons. The molecular formula is C17H21FN2O5. The molecule has 0 spiro atoms. The van der Waals surface area contributed by atoms with E-state index in [1.54, 1.807) is 18.7 Å². The van der Waals surface area contributed by atoms with Crippen molar-refractivity contribution in [1.82, 2.24) is 5.32 Å². The van der Waals surface area contributed by atoms with Gasteiger partial charge in [-0.2, -0.15) is 0 Å². The van der Waals surface area contributed by atoms with Crippen LogP contribution in [0.15, 0.2) is 18.2 Å². The van der Waals surface area contributed by atoms with Gasteiger partial charge in [0.15, 0.2) is 12.5 Å². The Labute approximate surface area is 145 Å². The van der Waals surface area contributed by atoms with Gasteiger partial charge >= 0.3 is 5.97 Å². The number of benzene rings is 1. The van der Waals surface area contributed by atoms with Gasteiger partial charge in [0.2, 0.25) is 5.91 Å². The van der Waals surface area contributed by atoms with Crippen molar-refractivity contribution in [2.24, 2.45) is 0 Å². The van der Waals surface area contributed by atoms with Gasteiger partial charge in [-0.3, -0.25) is 9.59 Å². The summed E-state index contributed by atoms with van der Waals surface area (Å²) in [4.78, 5) is 35.6. The van der Waals surface area contributed by atoms with Gasteiger partial charge in [-0.1, -0.05) is 0 Å². The molecule has 1 N–H and O–H groups in total. The number of nitrogens with zero attached hydrogens (tertiary/aromatic N) is 1. The minimum atomic E-state index is -0.883. The first-order chi connectivity index (χ1) is 11.8. The van der Waals surface area contributed by atoms with Crippen molar-refractivity contribution in [2.75, 3.05) is 18.0 Å². The number of esters is 1. The third-order valence-corrected chi connectivity index (χ3v) is 3.58. The van der Waals surface area contributed by atoms with Crippen LogP contribution < -0.4 is 10.2 Å². The summed E-state index contributed by atoms with van der Waals surface area (Å²) in [6.45, 7) is 5.29. The van der Waals surface area contributed by atoms with Crippen LogP contribution in [0.25, 0.3) is 0 Å². The average Bonchev–Trinajstić information content (AvgIpc) is 2.95. The van der Waals surface area contributed by atoms with Crippen LogP contribution in [0.3, 0.4) is 0 Å². The molecule has 8 heteroatoms. The predicted molar refractivity (Wildman–Crippen MR) is 87.7 cm³/mol. The number of halogens is 1. The van der Waals surface area contributed by atoms with Crippen molar-refractivity contribution in [1.29, 1.82) is 0 Å². The van der Waals surface area contributed by atoms with Crippen molar-refractivity contribution in [3.63, 3.8) is 0 Å². The maximum absolute atomic E-state index is 14.3. The van der Waals surface area contributed by atoms with Crippen LogP contribution in [0.4, 0.5) is 10.1 Å². The number of amides is 1. The zero-order valence-corrected chi connectivity index (χ0v) is 14.3. The van der Waals surface area contributed by atoms with Gasteiger partial charge in [0.05, 0.1) is 17.8 Å². The standard InChI is InChI=1S/C17H21FN2O5/c1-10(2)24-17(23)14-5-4-12(6-15(14)18)20-8-13(7-19-11(3)22)25-16(20)9-21/h4-6,9-10,13,16H,7-8H2,1-3H3,(H,19,22)/t13-,16?/m0/s1. The third-order valence-electron chi connectivity index (χ3n) is 3.58. The van der Waals surface area contributed by atoms with E-state index in [4.69, 9.17) is 9.47 Å². The number of anilines is 1. The minimum absolute atomic E-state index is 0.171. The van der Waals surface area contributed by atoms with Crippen LogP contribution >= 0.6 is 0 Å². The quantitative estimate of drug-likeness (QED) is 0.613. The molecule has 1 aromatic carbocycles. The highest BCUT2D eigenvalue weighted by atomic mass is 19.1. The zero-order valence-electron chi connectivity index (χ0n) is 14.3. The molecule has 1 unspecified atom stereocenters. The number of ether oxygens (including phenoxy) is 2. The van der Waals surface area contributed by atoms with Crippen LogP contribution in [0.5, 0.6) is 0 Å². The lowest BCUT2D eigenvalue weighted by Crippen LogP contribution is -2.33. The Morgan fingerprint density at radius 2 is 2.20 bits per heavy atom. The first-order valence-corrected chi connectivity index (χ1v) is 7.94. The lowest BCUT2D eigenvalue weighted by molar-refractivity contribution is -0.120. The van der Waals surface area contributed by atoms with Crippen molar-refractivity contribution < 1.29 is 28.2 Å². The second-order valence-electron chi connectivity index (χ2n) is 5.99. The number of aldehydes is 1. The average molecular weight is 352 g/mol. The predicted octanol–water partition coefficient (Wildman–Crippen LogP) is 1.26. The third kappa shape index (κ3) is 4.76. The monoisotopic (exact) mass is 352 g/mol. The number of hydrogen-bond donors (Lipinski definition) is 1. The van der Waals surface area contributed by atoms with E-state index in [2.05, 4.69) is 5.32 Å². The lowest BCUT2D eigenvalue weighted by atomic mass is 10.1. The summed E-state index contributed by atoms with van der Waals surface area (Å²) in [7, 11) is 0. The smallest absolute Gasteiger partial charge is 0.341 e. The summed E-state index contributed by atoms with van der Waals surface area (Å²) in [6, 6.07) is 4.01. The Bertz CT molecular complexity index is 664. The molecule has 0 saturated carbocycles. The molecule has 2 rings (SSSR count). The molecule has 2 atom stereocenters. The molecule has 1 amide bonds. The number of carbonyl (C=O) groups excluding carboxylic acids is 3. The Balaban J connectivity index is 2.14. The van der Waals surface area contributed by atoms with Gasteiger partial charge in [0.1, 0.15) is 5.82 Å². The van der Waals surface area contributed by atoms with Crippen LogP contribution in [0.2, 0.25) is 0 Å². The van der Waals surface area contributed by atoms with Crippen molar-refractivity contribution in [3.05, 3.63) is 29.6 Å². The highest BCUT2D eigenvalue weighted by Gasteiger charge is 2.33. The van der Waals surface area contributed by atoms with Crippen molar-refractivity contribution in [3.8, 4) is 0 Å². The molecule has 7 nitrogen and oxygen atoms in total. The van der Waals surface area contributed by atoms with Gasteiger partial charge in [-0.15, -0.1) is 0 Å². The number of rotatable bonds is 6. The fraction of sp³-hybridized carbons (Fsp3) is 0.471. The van der Waals surface area contributed by atoms with E-state index in [0.717, 1.165) is 6.07 Å².